The number of halogens is 3. The van der Waals surface area contributed by atoms with Crippen molar-refractivity contribution in [3.8, 4) is 5.75 Å². The van der Waals surface area contributed by atoms with E-state index in [1.165, 1.54) is 6.07 Å². The smallest absolute Gasteiger partial charge is 0.416 e. The predicted octanol–water partition coefficient (Wildman–Crippen LogP) is 2.64. The maximum atomic E-state index is 12.7. The van der Waals surface area contributed by atoms with Crippen molar-refractivity contribution in [2.24, 2.45) is 0 Å². The highest BCUT2D eigenvalue weighted by atomic mass is 19.4. The molecule has 3 rings (SSSR count). The summed E-state index contributed by atoms with van der Waals surface area (Å²) in [4.78, 5) is 11.4. The number of carbonyl (C=O) groups excluding carboxylic acids is 1. The highest BCUT2D eigenvalue weighted by Crippen LogP contribution is 2.46. The first-order valence-corrected chi connectivity index (χ1v) is 6.52. The Morgan fingerprint density at radius 3 is 2.80 bits per heavy atom. The Morgan fingerprint density at radius 2 is 2.05 bits per heavy atom. The van der Waals surface area contributed by atoms with Gasteiger partial charge in [0.1, 0.15) is 5.75 Å². The Hall–Kier alpha value is -1.72. The number of hydrogen-bond acceptors (Lipinski definition) is 2. The summed E-state index contributed by atoms with van der Waals surface area (Å²) in [5.41, 5.74) is -0.239. The molecule has 1 atom stereocenters. The van der Waals surface area contributed by atoms with Gasteiger partial charge in [-0.15, -0.1) is 0 Å². The SMILES string of the molecule is O=C1CCC2(CCN1)COc1cc(C(F)(F)F)ccc12. The zero-order chi connectivity index (χ0) is 14.4. The summed E-state index contributed by atoms with van der Waals surface area (Å²) in [6, 6.07) is 3.65. The summed E-state index contributed by atoms with van der Waals surface area (Å²) >= 11 is 0. The maximum absolute atomic E-state index is 12.7. The number of carbonyl (C=O) groups is 1. The fourth-order valence-corrected chi connectivity index (χ4v) is 2.97. The number of hydrogen-bond donors (Lipinski definition) is 1. The van der Waals surface area contributed by atoms with Gasteiger partial charge in [-0.05, 0) is 25.0 Å². The molecule has 0 saturated carbocycles. The van der Waals surface area contributed by atoms with Crippen LogP contribution >= 0.6 is 0 Å². The van der Waals surface area contributed by atoms with Gasteiger partial charge in [0, 0.05) is 23.9 Å². The van der Waals surface area contributed by atoms with E-state index in [0.29, 0.717) is 38.2 Å². The summed E-state index contributed by atoms with van der Waals surface area (Å²) in [7, 11) is 0. The van der Waals surface area contributed by atoms with Gasteiger partial charge in [0.05, 0.1) is 12.2 Å². The third kappa shape index (κ3) is 2.13. The number of ether oxygens (including phenoxy) is 1. The van der Waals surface area contributed by atoms with Gasteiger partial charge in [-0.2, -0.15) is 13.2 Å². The second-order valence-electron chi connectivity index (χ2n) is 5.38. The van der Waals surface area contributed by atoms with Gasteiger partial charge in [0.15, 0.2) is 0 Å². The van der Waals surface area contributed by atoms with E-state index >= 15 is 0 Å². The van der Waals surface area contributed by atoms with Crippen molar-refractivity contribution >= 4 is 5.91 Å². The second kappa shape index (κ2) is 4.40. The number of fused-ring (bicyclic) bond motifs is 2. The minimum absolute atomic E-state index is 0.0118. The maximum Gasteiger partial charge on any atom is 0.416 e. The molecule has 6 heteroatoms. The van der Waals surface area contributed by atoms with Crippen LogP contribution in [0.15, 0.2) is 18.2 Å². The summed E-state index contributed by atoms with van der Waals surface area (Å²) < 4.78 is 43.6. The predicted molar refractivity (Wildman–Crippen MR) is 65.5 cm³/mol. The van der Waals surface area contributed by atoms with Crippen LogP contribution < -0.4 is 10.1 Å². The van der Waals surface area contributed by atoms with Gasteiger partial charge in [0.2, 0.25) is 5.91 Å². The summed E-state index contributed by atoms with van der Waals surface area (Å²) in [5, 5.41) is 2.79. The molecule has 2 aliphatic rings. The van der Waals surface area contributed by atoms with E-state index in [0.717, 1.165) is 17.7 Å². The highest BCUT2D eigenvalue weighted by molar-refractivity contribution is 5.76. The first-order chi connectivity index (χ1) is 9.41. The van der Waals surface area contributed by atoms with Gasteiger partial charge in [-0.1, -0.05) is 6.07 Å². The van der Waals surface area contributed by atoms with Gasteiger partial charge >= 0.3 is 6.18 Å². The Labute approximate surface area is 114 Å². The minimum Gasteiger partial charge on any atom is -0.492 e. The van der Waals surface area contributed by atoms with Crippen molar-refractivity contribution in [2.75, 3.05) is 13.2 Å². The van der Waals surface area contributed by atoms with Crippen molar-refractivity contribution in [1.82, 2.24) is 5.32 Å². The number of benzene rings is 1. The zero-order valence-corrected chi connectivity index (χ0v) is 10.7. The standard InChI is InChI=1S/C14H14F3NO2/c15-14(16,17)9-1-2-10-11(7-9)20-8-13(10)4-3-12(19)18-6-5-13/h1-2,7H,3-6,8H2,(H,18,19). The quantitative estimate of drug-likeness (QED) is 0.796. The fraction of sp³-hybridized carbons (Fsp3) is 0.500. The molecule has 1 aromatic rings. The van der Waals surface area contributed by atoms with Crippen LogP contribution in [0.5, 0.6) is 5.75 Å². The van der Waals surface area contributed by atoms with E-state index in [-0.39, 0.29) is 11.3 Å². The molecule has 1 amide bonds. The molecule has 0 aliphatic carbocycles. The van der Waals surface area contributed by atoms with E-state index < -0.39 is 11.7 Å². The lowest BCUT2D eigenvalue weighted by molar-refractivity contribution is -0.137. The monoisotopic (exact) mass is 285 g/mol. The first kappa shape index (κ1) is 13.3. The van der Waals surface area contributed by atoms with Gasteiger partial charge in [-0.3, -0.25) is 4.79 Å². The summed E-state index contributed by atoms with van der Waals surface area (Å²) in [5.74, 6) is 0.288. The molecule has 0 bridgehead atoms. The molecule has 2 heterocycles. The molecule has 1 saturated heterocycles. The molecule has 1 spiro atoms. The first-order valence-electron chi connectivity index (χ1n) is 6.52. The normalized spacial score (nSPS) is 25.9. The number of rotatable bonds is 0. The van der Waals surface area contributed by atoms with Crippen molar-refractivity contribution in [3.63, 3.8) is 0 Å². The van der Waals surface area contributed by atoms with Crippen LogP contribution in [-0.2, 0) is 16.4 Å². The largest absolute Gasteiger partial charge is 0.492 e. The van der Waals surface area contributed by atoms with Crippen LogP contribution in [0.2, 0.25) is 0 Å². The van der Waals surface area contributed by atoms with Crippen molar-refractivity contribution < 1.29 is 22.7 Å². The van der Waals surface area contributed by atoms with E-state index in [2.05, 4.69) is 5.32 Å². The fourth-order valence-electron chi connectivity index (χ4n) is 2.97. The number of alkyl halides is 3. The number of nitrogens with one attached hydrogen (secondary N) is 1. The molecular formula is C14H14F3NO2. The van der Waals surface area contributed by atoms with Crippen LogP contribution in [0, 0.1) is 0 Å². The zero-order valence-electron chi connectivity index (χ0n) is 10.7. The van der Waals surface area contributed by atoms with Crippen LogP contribution in [-0.4, -0.2) is 19.1 Å². The molecule has 1 aromatic carbocycles. The molecule has 0 radical (unpaired) electrons. The Balaban J connectivity index is 1.96. The average molecular weight is 285 g/mol. The highest BCUT2D eigenvalue weighted by Gasteiger charge is 2.43. The van der Waals surface area contributed by atoms with E-state index in [1.54, 1.807) is 0 Å². The molecular weight excluding hydrogens is 271 g/mol. The second-order valence-corrected chi connectivity index (χ2v) is 5.38. The Bertz CT molecular complexity index is 556. The average Bonchev–Trinajstić information content (AvgIpc) is 2.62. The lowest BCUT2D eigenvalue weighted by atomic mass is 9.76. The molecule has 3 nitrogen and oxygen atoms in total. The van der Waals surface area contributed by atoms with Crippen LogP contribution in [0.25, 0.3) is 0 Å². The van der Waals surface area contributed by atoms with Gasteiger partial charge in [0.25, 0.3) is 0 Å². The topological polar surface area (TPSA) is 38.3 Å². The molecule has 1 N–H and O–H groups in total. The third-order valence-electron chi connectivity index (χ3n) is 4.14. The van der Waals surface area contributed by atoms with Crippen LogP contribution in [0.1, 0.15) is 30.4 Å². The lowest BCUT2D eigenvalue weighted by Crippen LogP contribution is -2.29. The number of amides is 1. The summed E-state index contributed by atoms with van der Waals surface area (Å²) in [6.07, 6.45) is -2.69. The molecule has 20 heavy (non-hydrogen) atoms. The molecule has 1 unspecified atom stereocenters. The minimum atomic E-state index is -4.37. The van der Waals surface area contributed by atoms with Crippen molar-refractivity contribution in [2.45, 2.75) is 30.9 Å². The Morgan fingerprint density at radius 1 is 1.25 bits per heavy atom. The summed E-state index contributed by atoms with van der Waals surface area (Å²) in [6.45, 7) is 0.876. The van der Waals surface area contributed by atoms with E-state index in [1.807, 2.05) is 0 Å². The van der Waals surface area contributed by atoms with Crippen molar-refractivity contribution in [1.29, 1.82) is 0 Å². The molecule has 2 aliphatic heterocycles. The van der Waals surface area contributed by atoms with Gasteiger partial charge in [-0.25, -0.2) is 0 Å². The van der Waals surface area contributed by atoms with Gasteiger partial charge < -0.3 is 10.1 Å². The third-order valence-corrected chi connectivity index (χ3v) is 4.14. The molecule has 0 aromatic heterocycles. The van der Waals surface area contributed by atoms with Crippen LogP contribution in [0.4, 0.5) is 13.2 Å². The van der Waals surface area contributed by atoms with Crippen molar-refractivity contribution in [3.05, 3.63) is 29.3 Å². The molecule has 1 fully saturated rings. The van der Waals surface area contributed by atoms with E-state index in [4.69, 9.17) is 4.74 Å². The Kier molecular flexibility index (Phi) is 2.92. The lowest BCUT2D eigenvalue weighted by Gasteiger charge is -2.25. The molecule has 108 valence electrons. The van der Waals surface area contributed by atoms with Crippen LogP contribution in [0.3, 0.4) is 0 Å². The van der Waals surface area contributed by atoms with E-state index in [9.17, 15) is 18.0 Å².